The third-order valence-electron chi connectivity index (χ3n) is 2.39. The summed E-state index contributed by atoms with van der Waals surface area (Å²) >= 11 is 16.0. The van der Waals surface area contributed by atoms with Gasteiger partial charge in [-0.3, -0.25) is 10.9 Å². The van der Waals surface area contributed by atoms with E-state index < -0.39 is 0 Å². The number of furan rings is 1. The maximum atomic E-state index is 5.81. The molecule has 0 radical (unpaired) electrons. The Kier molecular flexibility index (Phi) is 5.79. The molecule has 110 valence electrons. The first-order valence-electron chi connectivity index (χ1n) is 6.02. The molecule has 5 nitrogen and oxygen atoms in total. The Morgan fingerprint density at radius 2 is 1.76 bits per heavy atom. The van der Waals surface area contributed by atoms with Gasteiger partial charge in [-0.1, -0.05) is 11.6 Å². The van der Waals surface area contributed by atoms with Crippen molar-refractivity contribution in [1.82, 2.24) is 16.2 Å². The van der Waals surface area contributed by atoms with E-state index in [2.05, 4.69) is 21.5 Å². The number of benzene rings is 1. The van der Waals surface area contributed by atoms with Crippen molar-refractivity contribution in [3.05, 3.63) is 53.4 Å². The number of hydrazine groups is 1. The van der Waals surface area contributed by atoms with Gasteiger partial charge in [-0.25, -0.2) is 0 Å². The summed E-state index contributed by atoms with van der Waals surface area (Å²) in [6, 6.07) is 10.9. The van der Waals surface area contributed by atoms with Crippen molar-refractivity contribution in [2.24, 2.45) is 0 Å². The first-order valence-corrected chi connectivity index (χ1v) is 7.22. The average molecular weight is 341 g/mol. The van der Waals surface area contributed by atoms with Gasteiger partial charge in [0.2, 0.25) is 0 Å². The van der Waals surface area contributed by atoms with Crippen LogP contribution >= 0.6 is 36.0 Å². The molecule has 0 bridgehead atoms. The van der Waals surface area contributed by atoms with Crippen LogP contribution in [0.5, 0.6) is 0 Å². The van der Waals surface area contributed by atoms with Crippen molar-refractivity contribution in [1.29, 1.82) is 0 Å². The molecule has 0 saturated carbocycles. The first kappa shape index (κ1) is 15.6. The fraction of sp³-hybridized carbons (Fsp3) is 0.0769. The summed E-state index contributed by atoms with van der Waals surface area (Å²) in [5, 5.41) is 7.42. The van der Waals surface area contributed by atoms with Crippen LogP contribution in [-0.4, -0.2) is 10.2 Å². The minimum atomic E-state index is 0.388. The van der Waals surface area contributed by atoms with Crippen LogP contribution in [0.4, 0.5) is 5.69 Å². The van der Waals surface area contributed by atoms with Crippen molar-refractivity contribution < 1.29 is 4.42 Å². The average Bonchev–Trinajstić information content (AvgIpc) is 2.99. The molecule has 0 aliphatic carbocycles. The molecule has 1 aromatic carbocycles. The van der Waals surface area contributed by atoms with Gasteiger partial charge in [-0.05, 0) is 60.8 Å². The van der Waals surface area contributed by atoms with Crippen molar-refractivity contribution in [2.45, 2.75) is 6.54 Å². The van der Waals surface area contributed by atoms with Crippen molar-refractivity contribution in [3.63, 3.8) is 0 Å². The number of anilines is 1. The predicted octanol–water partition coefficient (Wildman–Crippen LogP) is 2.80. The van der Waals surface area contributed by atoms with E-state index in [9.17, 15) is 0 Å². The van der Waals surface area contributed by atoms with Gasteiger partial charge in [-0.15, -0.1) is 0 Å². The molecule has 0 fully saturated rings. The van der Waals surface area contributed by atoms with E-state index in [0.717, 1.165) is 11.4 Å². The molecule has 1 aromatic heterocycles. The zero-order valence-corrected chi connectivity index (χ0v) is 13.2. The van der Waals surface area contributed by atoms with Gasteiger partial charge in [0, 0.05) is 10.7 Å². The Hall–Kier alpha value is -1.83. The predicted molar refractivity (Wildman–Crippen MR) is 92.1 cm³/mol. The van der Waals surface area contributed by atoms with Crippen LogP contribution in [0.25, 0.3) is 0 Å². The molecular formula is C13H13ClN4OS2. The molecule has 0 saturated heterocycles. The molecule has 0 unspecified atom stereocenters. The molecule has 0 amide bonds. The lowest BCUT2D eigenvalue weighted by atomic mass is 10.3. The SMILES string of the molecule is S=C(NCc1ccco1)NNC(=S)Nc1ccc(Cl)cc1. The second kappa shape index (κ2) is 7.82. The molecule has 0 atom stereocenters. The number of nitrogens with one attached hydrogen (secondary N) is 4. The van der Waals surface area contributed by atoms with Gasteiger partial charge in [0.15, 0.2) is 10.2 Å². The maximum Gasteiger partial charge on any atom is 0.189 e. The van der Waals surface area contributed by atoms with Gasteiger partial charge in [-0.2, -0.15) is 0 Å². The monoisotopic (exact) mass is 340 g/mol. The largest absolute Gasteiger partial charge is 0.467 e. The Morgan fingerprint density at radius 1 is 1.05 bits per heavy atom. The summed E-state index contributed by atoms with van der Waals surface area (Å²) in [5.74, 6) is 0.793. The lowest BCUT2D eigenvalue weighted by molar-refractivity contribution is 0.502. The van der Waals surface area contributed by atoms with Gasteiger partial charge in [0.05, 0.1) is 12.8 Å². The Labute approximate surface area is 138 Å². The quantitative estimate of drug-likeness (QED) is 0.506. The third kappa shape index (κ3) is 5.58. The van der Waals surface area contributed by atoms with E-state index >= 15 is 0 Å². The van der Waals surface area contributed by atoms with Crippen LogP contribution in [-0.2, 0) is 6.54 Å². The maximum absolute atomic E-state index is 5.81. The molecular weight excluding hydrogens is 328 g/mol. The van der Waals surface area contributed by atoms with Crippen molar-refractivity contribution in [3.8, 4) is 0 Å². The molecule has 1 heterocycles. The highest BCUT2D eigenvalue weighted by Gasteiger charge is 2.00. The molecule has 0 spiro atoms. The smallest absolute Gasteiger partial charge is 0.189 e. The zero-order chi connectivity index (χ0) is 15.1. The Bertz CT molecular complexity index is 601. The Morgan fingerprint density at radius 3 is 2.43 bits per heavy atom. The van der Waals surface area contributed by atoms with E-state index in [0.29, 0.717) is 21.8 Å². The number of hydrogen-bond donors (Lipinski definition) is 4. The molecule has 2 rings (SSSR count). The highest BCUT2D eigenvalue weighted by atomic mass is 35.5. The molecule has 0 aliphatic rings. The molecule has 2 aromatic rings. The van der Waals surface area contributed by atoms with Crippen LogP contribution in [0, 0.1) is 0 Å². The van der Waals surface area contributed by atoms with E-state index in [4.69, 9.17) is 40.5 Å². The van der Waals surface area contributed by atoms with Crippen LogP contribution in [0.3, 0.4) is 0 Å². The van der Waals surface area contributed by atoms with Crippen LogP contribution < -0.4 is 21.5 Å². The minimum Gasteiger partial charge on any atom is -0.467 e. The summed E-state index contributed by atoms with van der Waals surface area (Å²) < 4.78 is 5.18. The highest BCUT2D eigenvalue weighted by molar-refractivity contribution is 7.80. The standard InChI is InChI=1S/C13H13ClN4OS2/c14-9-3-5-10(6-4-9)16-13(21)18-17-12(20)15-8-11-2-1-7-19-11/h1-7H,8H2,(H2,15,17,20)(H2,16,18,21). The molecule has 8 heteroatoms. The second-order valence-electron chi connectivity index (χ2n) is 3.97. The summed E-state index contributed by atoms with van der Waals surface area (Å²) in [4.78, 5) is 0. The molecule has 4 N–H and O–H groups in total. The number of rotatable bonds is 3. The molecule has 0 aliphatic heterocycles. The first-order chi connectivity index (χ1) is 10.1. The topological polar surface area (TPSA) is 61.3 Å². The number of halogens is 1. The van der Waals surface area contributed by atoms with E-state index in [1.54, 1.807) is 18.4 Å². The fourth-order valence-electron chi connectivity index (χ4n) is 1.43. The number of hydrogen-bond acceptors (Lipinski definition) is 3. The van der Waals surface area contributed by atoms with Gasteiger partial charge in [0.25, 0.3) is 0 Å². The molecule has 21 heavy (non-hydrogen) atoms. The summed E-state index contributed by atoms with van der Waals surface area (Å²) in [6.45, 7) is 0.498. The van der Waals surface area contributed by atoms with E-state index in [1.165, 1.54) is 0 Å². The van der Waals surface area contributed by atoms with E-state index in [1.807, 2.05) is 24.3 Å². The zero-order valence-electron chi connectivity index (χ0n) is 10.9. The minimum absolute atomic E-state index is 0.388. The summed E-state index contributed by atoms with van der Waals surface area (Å²) in [6.07, 6.45) is 1.61. The lowest BCUT2D eigenvalue weighted by Crippen LogP contribution is -2.47. The van der Waals surface area contributed by atoms with Crippen LogP contribution in [0.2, 0.25) is 5.02 Å². The summed E-state index contributed by atoms with van der Waals surface area (Å²) in [5.41, 5.74) is 6.38. The van der Waals surface area contributed by atoms with Gasteiger partial charge >= 0.3 is 0 Å². The highest BCUT2D eigenvalue weighted by Crippen LogP contribution is 2.12. The van der Waals surface area contributed by atoms with Crippen LogP contribution in [0.15, 0.2) is 47.1 Å². The van der Waals surface area contributed by atoms with Crippen molar-refractivity contribution in [2.75, 3.05) is 5.32 Å². The second-order valence-corrected chi connectivity index (χ2v) is 5.23. The van der Waals surface area contributed by atoms with Gasteiger partial charge < -0.3 is 15.1 Å². The van der Waals surface area contributed by atoms with E-state index in [-0.39, 0.29) is 0 Å². The van der Waals surface area contributed by atoms with Crippen molar-refractivity contribution >= 4 is 51.9 Å². The van der Waals surface area contributed by atoms with Crippen LogP contribution in [0.1, 0.15) is 5.76 Å². The van der Waals surface area contributed by atoms with Gasteiger partial charge in [0.1, 0.15) is 5.76 Å². The Balaban J connectivity index is 1.68. The number of thiocarbonyl (C=S) groups is 2. The lowest BCUT2D eigenvalue weighted by Gasteiger charge is -2.13. The summed E-state index contributed by atoms with van der Waals surface area (Å²) in [7, 11) is 0. The normalized spacial score (nSPS) is 9.76. The fourth-order valence-corrected chi connectivity index (χ4v) is 1.85. The third-order valence-corrected chi connectivity index (χ3v) is 3.10.